The molecule has 9 heteroatoms. The lowest BCUT2D eigenvalue weighted by molar-refractivity contribution is -0.125. The Bertz CT molecular complexity index is 1060. The minimum atomic E-state index is -0.786. The van der Waals surface area contributed by atoms with Crippen LogP contribution in [0.25, 0.3) is 0 Å². The Morgan fingerprint density at radius 3 is 2.25 bits per heavy atom. The predicted molar refractivity (Wildman–Crippen MR) is 117 cm³/mol. The van der Waals surface area contributed by atoms with Crippen LogP contribution in [0.2, 0.25) is 0 Å². The highest BCUT2D eigenvalue weighted by atomic mass is 19.1. The molecule has 1 saturated heterocycles. The topological polar surface area (TPSA) is 98.1 Å². The normalized spacial score (nSPS) is 16.2. The second kappa shape index (κ2) is 9.27. The minimum Gasteiger partial charge on any atom is -0.381 e. The van der Waals surface area contributed by atoms with Crippen LogP contribution in [-0.2, 0) is 19.7 Å². The van der Waals surface area contributed by atoms with Gasteiger partial charge in [-0.15, -0.1) is 0 Å². The summed E-state index contributed by atoms with van der Waals surface area (Å²) in [6.45, 7) is 2.64. The van der Waals surface area contributed by atoms with Crippen LogP contribution in [-0.4, -0.2) is 39.8 Å². The minimum absolute atomic E-state index is 0.163. The summed E-state index contributed by atoms with van der Waals surface area (Å²) in [6.07, 6.45) is 3.88. The maximum Gasteiger partial charge on any atom is 0.249 e. The molecule has 1 unspecified atom stereocenters. The molecule has 1 aromatic heterocycles. The number of amides is 2. The zero-order valence-electron chi connectivity index (χ0n) is 17.6. The number of hydrogen-bond donors (Lipinski definition) is 2. The third-order valence-corrected chi connectivity index (χ3v) is 5.80. The molecule has 2 heterocycles. The SMILES string of the molecule is CC(C(=O)Nc1ccc(NC(=O)C2(c3ccc(F)cc3)CCOCC2)cc1)n1cncn1. The average Bonchev–Trinajstić information content (AvgIpc) is 3.35. The molecule has 4 rings (SSSR count). The number of hydrogen-bond acceptors (Lipinski definition) is 5. The molecule has 0 bridgehead atoms. The molecule has 0 radical (unpaired) electrons. The van der Waals surface area contributed by atoms with Crippen molar-refractivity contribution in [2.45, 2.75) is 31.2 Å². The summed E-state index contributed by atoms with van der Waals surface area (Å²) in [5.41, 5.74) is 1.18. The predicted octanol–water partition coefficient (Wildman–Crippen LogP) is 3.30. The van der Waals surface area contributed by atoms with Gasteiger partial charge in [-0.1, -0.05) is 12.1 Å². The van der Waals surface area contributed by atoms with Gasteiger partial charge in [0.1, 0.15) is 24.5 Å². The summed E-state index contributed by atoms with van der Waals surface area (Å²) in [5, 5.41) is 9.76. The zero-order chi connectivity index (χ0) is 22.6. The fourth-order valence-electron chi connectivity index (χ4n) is 3.81. The molecule has 2 amide bonds. The van der Waals surface area contributed by atoms with E-state index >= 15 is 0 Å². The molecule has 1 aliphatic heterocycles. The molecule has 3 aromatic rings. The lowest BCUT2D eigenvalue weighted by Crippen LogP contribution is -2.44. The monoisotopic (exact) mass is 437 g/mol. The van der Waals surface area contributed by atoms with Crippen molar-refractivity contribution in [1.29, 1.82) is 0 Å². The van der Waals surface area contributed by atoms with Crippen LogP contribution in [0.3, 0.4) is 0 Å². The van der Waals surface area contributed by atoms with E-state index in [1.54, 1.807) is 43.3 Å². The zero-order valence-corrected chi connectivity index (χ0v) is 17.6. The molecule has 2 aromatic carbocycles. The summed E-state index contributed by atoms with van der Waals surface area (Å²) in [4.78, 5) is 29.6. The van der Waals surface area contributed by atoms with Gasteiger partial charge in [-0.25, -0.2) is 14.1 Å². The largest absolute Gasteiger partial charge is 0.381 e. The number of ether oxygens (including phenoxy) is 1. The van der Waals surface area contributed by atoms with Crippen LogP contribution < -0.4 is 10.6 Å². The molecule has 1 aliphatic rings. The van der Waals surface area contributed by atoms with Gasteiger partial charge in [0, 0.05) is 24.6 Å². The molecular formula is C23H24FN5O3. The molecule has 8 nitrogen and oxygen atoms in total. The van der Waals surface area contributed by atoms with Crippen molar-refractivity contribution < 1.29 is 18.7 Å². The van der Waals surface area contributed by atoms with Crippen LogP contribution in [0.1, 0.15) is 31.4 Å². The number of halogens is 1. The summed E-state index contributed by atoms with van der Waals surface area (Å²) >= 11 is 0. The lowest BCUT2D eigenvalue weighted by Gasteiger charge is -2.36. The highest BCUT2D eigenvalue weighted by molar-refractivity contribution is 5.99. The van der Waals surface area contributed by atoms with Crippen molar-refractivity contribution in [3.63, 3.8) is 0 Å². The number of carbonyl (C=O) groups is 2. The Hall–Kier alpha value is -3.59. The molecule has 1 atom stereocenters. The lowest BCUT2D eigenvalue weighted by atomic mass is 9.73. The van der Waals surface area contributed by atoms with E-state index in [1.807, 2.05) is 0 Å². The Morgan fingerprint density at radius 1 is 1.03 bits per heavy atom. The molecular weight excluding hydrogens is 413 g/mol. The number of rotatable bonds is 6. The second-order valence-corrected chi connectivity index (χ2v) is 7.77. The molecule has 2 N–H and O–H groups in total. The first-order chi connectivity index (χ1) is 15.5. The van der Waals surface area contributed by atoms with E-state index in [1.165, 1.54) is 29.5 Å². The van der Waals surface area contributed by atoms with Gasteiger partial charge in [-0.2, -0.15) is 5.10 Å². The Morgan fingerprint density at radius 2 is 1.66 bits per heavy atom. The summed E-state index contributed by atoms with van der Waals surface area (Å²) < 4.78 is 20.4. The van der Waals surface area contributed by atoms with Crippen LogP contribution in [0.15, 0.2) is 61.2 Å². The highest BCUT2D eigenvalue weighted by Crippen LogP contribution is 2.36. The van der Waals surface area contributed by atoms with Crippen molar-refractivity contribution in [1.82, 2.24) is 14.8 Å². The first kappa shape index (κ1) is 21.6. The maximum absolute atomic E-state index is 13.4. The average molecular weight is 437 g/mol. The van der Waals surface area contributed by atoms with Crippen molar-refractivity contribution in [3.8, 4) is 0 Å². The van der Waals surface area contributed by atoms with Gasteiger partial charge in [0.2, 0.25) is 11.8 Å². The fourth-order valence-corrected chi connectivity index (χ4v) is 3.81. The number of nitrogens with one attached hydrogen (secondary N) is 2. The summed E-state index contributed by atoms with van der Waals surface area (Å²) in [6, 6.07) is 12.4. The van der Waals surface area contributed by atoms with Gasteiger partial charge in [-0.3, -0.25) is 9.59 Å². The highest BCUT2D eigenvalue weighted by Gasteiger charge is 2.41. The first-order valence-corrected chi connectivity index (χ1v) is 10.4. The van der Waals surface area contributed by atoms with Crippen LogP contribution in [0, 0.1) is 5.82 Å². The molecule has 32 heavy (non-hydrogen) atoms. The summed E-state index contributed by atoms with van der Waals surface area (Å²) in [5.74, 6) is -0.735. The van der Waals surface area contributed by atoms with E-state index in [-0.39, 0.29) is 17.6 Å². The number of aromatic nitrogens is 3. The molecule has 0 aliphatic carbocycles. The van der Waals surface area contributed by atoms with Gasteiger partial charge >= 0.3 is 0 Å². The fraction of sp³-hybridized carbons (Fsp3) is 0.304. The Labute approximate surface area is 184 Å². The van der Waals surface area contributed by atoms with Gasteiger partial charge in [0.25, 0.3) is 0 Å². The van der Waals surface area contributed by atoms with E-state index in [0.29, 0.717) is 37.4 Å². The summed E-state index contributed by atoms with van der Waals surface area (Å²) in [7, 11) is 0. The second-order valence-electron chi connectivity index (χ2n) is 7.77. The quantitative estimate of drug-likeness (QED) is 0.617. The number of benzene rings is 2. The third-order valence-electron chi connectivity index (χ3n) is 5.80. The van der Waals surface area contributed by atoms with E-state index < -0.39 is 11.5 Å². The first-order valence-electron chi connectivity index (χ1n) is 10.4. The van der Waals surface area contributed by atoms with Crippen LogP contribution in [0.4, 0.5) is 15.8 Å². The number of anilines is 2. The van der Waals surface area contributed by atoms with Crippen LogP contribution in [0.5, 0.6) is 0 Å². The van der Waals surface area contributed by atoms with Crippen molar-refractivity contribution in [2.75, 3.05) is 23.8 Å². The molecule has 0 saturated carbocycles. The molecule has 1 fully saturated rings. The van der Waals surface area contributed by atoms with Gasteiger partial charge < -0.3 is 15.4 Å². The van der Waals surface area contributed by atoms with E-state index in [4.69, 9.17) is 4.74 Å². The number of nitrogens with zero attached hydrogens (tertiary/aromatic N) is 3. The van der Waals surface area contributed by atoms with Crippen molar-refractivity contribution >= 4 is 23.2 Å². The van der Waals surface area contributed by atoms with E-state index in [0.717, 1.165) is 5.56 Å². The molecule has 0 spiro atoms. The van der Waals surface area contributed by atoms with Crippen LogP contribution >= 0.6 is 0 Å². The van der Waals surface area contributed by atoms with E-state index in [2.05, 4.69) is 20.7 Å². The maximum atomic E-state index is 13.4. The molecule has 166 valence electrons. The van der Waals surface area contributed by atoms with Gasteiger partial charge in [0.05, 0.1) is 5.41 Å². The number of carbonyl (C=O) groups excluding carboxylic acids is 2. The van der Waals surface area contributed by atoms with E-state index in [9.17, 15) is 14.0 Å². The Kier molecular flexibility index (Phi) is 6.27. The third kappa shape index (κ3) is 4.52. The Balaban J connectivity index is 1.45. The van der Waals surface area contributed by atoms with Crippen molar-refractivity contribution in [3.05, 3.63) is 72.6 Å². The van der Waals surface area contributed by atoms with Crippen molar-refractivity contribution in [2.24, 2.45) is 0 Å². The smallest absolute Gasteiger partial charge is 0.249 e. The van der Waals surface area contributed by atoms with Gasteiger partial charge in [0.15, 0.2) is 0 Å². The van der Waals surface area contributed by atoms with Gasteiger partial charge in [-0.05, 0) is 61.7 Å². The standard InChI is InChI=1S/C23H24FN5O3/c1-16(29-15-25-14-26-29)21(30)27-19-6-8-20(9-7-19)28-22(31)23(10-12-32-13-11-23)17-2-4-18(24)5-3-17/h2-9,14-16H,10-13H2,1H3,(H,27,30)(H,28,31).